The maximum atomic E-state index is 14.0. The van der Waals surface area contributed by atoms with Gasteiger partial charge in [-0.25, -0.2) is 4.79 Å². The van der Waals surface area contributed by atoms with Crippen LogP contribution in [0.4, 0.5) is 0 Å². The fraction of sp³-hybridized carbons (Fsp3) is 0.345. The van der Waals surface area contributed by atoms with Gasteiger partial charge in [0.2, 0.25) is 5.91 Å². The molecule has 1 aliphatic rings. The lowest BCUT2D eigenvalue weighted by Crippen LogP contribution is -2.44. The summed E-state index contributed by atoms with van der Waals surface area (Å²) in [7, 11) is 3.46. The molecule has 4 rings (SSSR count). The van der Waals surface area contributed by atoms with Crippen molar-refractivity contribution in [3.63, 3.8) is 0 Å². The maximum Gasteiger partial charge on any atom is 0.328 e. The zero-order valence-corrected chi connectivity index (χ0v) is 20.4. The number of rotatable bonds is 9. The number of carbonyl (C=O) groups excluding carboxylic acids is 2. The average Bonchev–Trinajstić information content (AvgIpc) is 3.36. The van der Waals surface area contributed by atoms with Gasteiger partial charge in [-0.2, -0.15) is 0 Å². The topological polar surface area (TPSA) is 62.7 Å². The number of methoxy groups -OCH3 is 1. The van der Waals surface area contributed by atoms with Gasteiger partial charge in [0.25, 0.3) is 0 Å². The molecular weight excluding hydrogens is 438 g/mol. The van der Waals surface area contributed by atoms with E-state index in [9.17, 15) is 9.59 Å². The molecule has 6 nitrogen and oxygen atoms in total. The number of likely N-dealkylation sites (N-methyl/N-ethyl adjacent to an activating group) is 1. The van der Waals surface area contributed by atoms with E-state index in [4.69, 9.17) is 4.74 Å². The molecule has 0 radical (unpaired) electrons. The zero-order valence-electron chi connectivity index (χ0n) is 20.4. The number of nitrogens with zero attached hydrogens (tertiary/aromatic N) is 3. The van der Waals surface area contributed by atoms with Gasteiger partial charge in [0.1, 0.15) is 6.04 Å². The van der Waals surface area contributed by atoms with Crippen LogP contribution < -0.4 is 0 Å². The first-order chi connectivity index (χ1) is 17.1. The Labute approximate surface area is 207 Å². The Morgan fingerprint density at radius 3 is 2.26 bits per heavy atom. The number of aromatic nitrogens is 1. The Morgan fingerprint density at radius 2 is 1.69 bits per heavy atom. The lowest BCUT2D eigenvalue weighted by atomic mass is 9.90. The van der Waals surface area contributed by atoms with Crippen molar-refractivity contribution in [1.29, 1.82) is 0 Å². The van der Waals surface area contributed by atoms with Gasteiger partial charge in [-0.05, 0) is 55.6 Å². The fourth-order valence-electron chi connectivity index (χ4n) is 4.93. The van der Waals surface area contributed by atoms with E-state index in [1.807, 2.05) is 72.9 Å². The minimum atomic E-state index is -0.590. The van der Waals surface area contributed by atoms with E-state index in [0.29, 0.717) is 13.0 Å². The number of aryl methyl sites for hydroxylation is 1. The van der Waals surface area contributed by atoms with Crippen LogP contribution in [0.1, 0.15) is 35.4 Å². The Bertz CT molecular complexity index is 1050. The van der Waals surface area contributed by atoms with E-state index in [1.54, 1.807) is 11.1 Å². The summed E-state index contributed by atoms with van der Waals surface area (Å²) in [6.07, 6.45) is 6.17. The van der Waals surface area contributed by atoms with E-state index >= 15 is 0 Å². The third kappa shape index (κ3) is 5.95. The molecule has 0 N–H and O–H groups in total. The SMILES string of the molecule is COC(=O)[C@@H]1C[C@H](N(C)CCCc2cccnc2)CN1C(=O)C(c1ccccc1)c1ccccc1. The number of ether oxygens (including phenoxy) is 1. The number of pyridine rings is 1. The minimum Gasteiger partial charge on any atom is -0.467 e. The van der Waals surface area contributed by atoms with Crippen LogP contribution in [0.15, 0.2) is 85.2 Å². The largest absolute Gasteiger partial charge is 0.467 e. The minimum absolute atomic E-state index is 0.0657. The molecule has 0 bridgehead atoms. The van der Waals surface area contributed by atoms with Crippen molar-refractivity contribution in [2.45, 2.75) is 37.3 Å². The van der Waals surface area contributed by atoms with Crippen molar-refractivity contribution >= 4 is 11.9 Å². The second-order valence-corrected chi connectivity index (χ2v) is 9.12. The summed E-state index contributed by atoms with van der Waals surface area (Å²) >= 11 is 0. The third-order valence-corrected chi connectivity index (χ3v) is 6.87. The standard InChI is InChI=1S/C29H33N3O3/c1-31(18-10-12-22-11-9-17-30-20-22)25-19-26(29(34)35-2)32(21-25)28(33)27(23-13-5-3-6-14-23)24-15-7-4-8-16-24/h3-9,11,13-17,20,25-27H,10,12,18-19,21H2,1-2H3/t25-,26-/m0/s1. The number of hydrogen-bond acceptors (Lipinski definition) is 5. The summed E-state index contributed by atoms with van der Waals surface area (Å²) in [5.41, 5.74) is 3.05. The summed E-state index contributed by atoms with van der Waals surface area (Å²) in [6, 6.07) is 23.1. The molecule has 0 spiro atoms. The van der Waals surface area contributed by atoms with Gasteiger partial charge in [0.15, 0.2) is 0 Å². The van der Waals surface area contributed by atoms with E-state index in [-0.39, 0.29) is 17.9 Å². The molecular formula is C29H33N3O3. The van der Waals surface area contributed by atoms with E-state index in [2.05, 4.69) is 23.0 Å². The van der Waals surface area contributed by atoms with Crippen LogP contribution in [0.5, 0.6) is 0 Å². The second kappa shape index (κ2) is 11.8. The molecule has 182 valence electrons. The molecule has 1 saturated heterocycles. The quantitative estimate of drug-likeness (QED) is 0.443. The van der Waals surface area contributed by atoms with Gasteiger partial charge >= 0.3 is 5.97 Å². The van der Waals surface area contributed by atoms with Crippen LogP contribution in [0, 0.1) is 0 Å². The lowest BCUT2D eigenvalue weighted by molar-refractivity contribution is -0.151. The van der Waals surface area contributed by atoms with Crippen molar-refractivity contribution in [2.24, 2.45) is 0 Å². The smallest absolute Gasteiger partial charge is 0.328 e. The van der Waals surface area contributed by atoms with Crippen LogP contribution in [-0.4, -0.2) is 66.0 Å². The summed E-state index contributed by atoms with van der Waals surface area (Å²) < 4.78 is 5.11. The molecule has 2 atom stereocenters. The summed E-state index contributed by atoms with van der Waals surface area (Å²) in [4.78, 5) is 35.0. The van der Waals surface area contributed by atoms with Crippen LogP contribution in [0.25, 0.3) is 0 Å². The number of esters is 1. The van der Waals surface area contributed by atoms with Crippen LogP contribution >= 0.6 is 0 Å². The van der Waals surface area contributed by atoms with Crippen molar-refractivity contribution in [1.82, 2.24) is 14.8 Å². The number of likely N-dealkylation sites (tertiary alicyclic amines) is 1. The van der Waals surface area contributed by atoms with Crippen LogP contribution in [-0.2, 0) is 20.7 Å². The van der Waals surface area contributed by atoms with Crippen molar-refractivity contribution in [2.75, 3.05) is 27.2 Å². The van der Waals surface area contributed by atoms with Crippen LogP contribution in [0.3, 0.4) is 0 Å². The highest BCUT2D eigenvalue weighted by Gasteiger charge is 2.44. The normalized spacial score (nSPS) is 17.7. The van der Waals surface area contributed by atoms with Gasteiger partial charge in [0.05, 0.1) is 13.0 Å². The monoisotopic (exact) mass is 471 g/mol. The lowest BCUT2D eigenvalue weighted by Gasteiger charge is -2.28. The molecule has 1 aliphatic heterocycles. The Morgan fingerprint density at radius 1 is 1.03 bits per heavy atom. The molecule has 0 aliphatic carbocycles. The Kier molecular flexibility index (Phi) is 8.27. The third-order valence-electron chi connectivity index (χ3n) is 6.87. The van der Waals surface area contributed by atoms with E-state index in [1.165, 1.54) is 12.7 Å². The molecule has 1 amide bonds. The number of benzene rings is 2. The number of carbonyl (C=O) groups is 2. The first kappa shape index (κ1) is 24.6. The average molecular weight is 472 g/mol. The van der Waals surface area contributed by atoms with Crippen molar-refractivity contribution in [3.8, 4) is 0 Å². The van der Waals surface area contributed by atoms with Gasteiger partial charge in [0, 0.05) is 25.0 Å². The predicted octanol–water partition coefficient (Wildman–Crippen LogP) is 3.92. The Balaban J connectivity index is 1.52. The number of hydrogen-bond donors (Lipinski definition) is 0. The summed E-state index contributed by atoms with van der Waals surface area (Å²) in [6.45, 7) is 1.37. The Hall–Kier alpha value is -3.51. The maximum absolute atomic E-state index is 14.0. The van der Waals surface area contributed by atoms with Gasteiger partial charge < -0.3 is 14.5 Å². The predicted molar refractivity (Wildman–Crippen MR) is 136 cm³/mol. The highest BCUT2D eigenvalue weighted by molar-refractivity contribution is 5.91. The molecule has 1 fully saturated rings. The molecule has 6 heteroatoms. The molecule has 0 saturated carbocycles. The summed E-state index contributed by atoms with van der Waals surface area (Å²) in [5.74, 6) is -0.896. The molecule has 1 aromatic heterocycles. The van der Waals surface area contributed by atoms with Gasteiger partial charge in [-0.3, -0.25) is 9.78 Å². The molecule has 2 heterocycles. The van der Waals surface area contributed by atoms with E-state index < -0.39 is 12.0 Å². The zero-order chi connectivity index (χ0) is 24.6. The van der Waals surface area contributed by atoms with Crippen molar-refractivity contribution in [3.05, 3.63) is 102 Å². The van der Waals surface area contributed by atoms with Crippen molar-refractivity contribution < 1.29 is 14.3 Å². The summed E-state index contributed by atoms with van der Waals surface area (Å²) in [5, 5.41) is 0. The highest BCUT2D eigenvalue weighted by Crippen LogP contribution is 2.32. The second-order valence-electron chi connectivity index (χ2n) is 9.12. The fourth-order valence-corrected chi connectivity index (χ4v) is 4.93. The van der Waals surface area contributed by atoms with Crippen LogP contribution in [0.2, 0.25) is 0 Å². The molecule has 35 heavy (non-hydrogen) atoms. The van der Waals surface area contributed by atoms with E-state index in [0.717, 1.165) is 30.5 Å². The highest BCUT2D eigenvalue weighted by atomic mass is 16.5. The number of amides is 1. The van der Waals surface area contributed by atoms with Gasteiger partial charge in [-0.1, -0.05) is 66.7 Å². The molecule has 2 aromatic carbocycles. The molecule has 3 aromatic rings. The first-order valence-electron chi connectivity index (χ1n) is 12.2. The van der Waals surface area contributed by atoms with Gasteiger partial charge in [-0.15, -0.1) is 0 Å². The molecule has 0 unspecified atom stereocenters. The first-order valence-corrected chi connectivity index (χ1v) is 12.2.